The summed E-state index contributed by atoms with van der Waals surface area (Å²) in [6.07, 6.45) is -5.80. The zero-order chi connectivity index (χ0) is 40.8. The minimum atomic E-state index is -1.68. The molecule has 9 atom stereocenters. The van der Waals surface area contributed by atoms with Crippen molar-refractivity contribution in [2.24, 2.45) is 11.5 Å². The van der Waals surface area contributed by atoms with Gasteiger partial charge in [0, 0.05) is 13.0 Å². The molecule has 0 aromatic heterocycles. The summed E-state index contributed by atoms with van der Waals surface area (Å²) in [5.41, 5.74) is 11.1. The number of thiol groups is 1. The number of benzene rings is 1. The molecule has 55 heavy (non-hydrogen) atoms. The highest BCUT2D eigenvalue weighted by Gasteiger charge is 2.46. The normalized spacial score (nSPS) is 23.8. The Morgan fingerprint density at radius 2 is 1.62 bits per heavy atom. The number of nitrogens with two attached hydrogens (primary N) is 2. The monoisotopic (exact) mass is 800 g/mol. The maximum atomic E-state index is 13.8. The number of aliphatic hydroxyl groups is 4. The summed E-state index contributed by atoms with van der Waals surface area (Å²) in [6.45, 7) is -3.34. The molecule has 2 aliphatic heterocycles. The highest BCUT2D eigenvalue weighted by Crippen LogP contribution is 2.24. The third-order valence-corrected chi connectivity index (χ3v) is 9.02. The van der Waals surface area contributed by atoms with E-state index in [1.165, 1.54) is 24.3 Å². The van der Waals surface area contributed by atoms with Crippen molar-refractivity contribution < 1.29 is 68.6 Å². The second-order valence-corrected chi connectivity index (χ2v) is 13.0. The van der Waals surface area contributed by atoms with Crippen LogP contribution in [0.3, 0.4) is 0 Å². The lowest BCUT2D eigenvalue weighted by Gasteiger charge is -2.42. The van der Waals surface area contributed by atoms with Crippen molar-refractivity contribution in [3.8, 4) is 5.75 Å². The number of phenols is 1. The van der Waals surface area contributed by atoms with Gasteiger partial charge in [-0.3, -0.25) is 33.6 Å². The lowest BCUT2D eigenvalue weighted by atomic mass is 9.97. The number of hydrogen-bond acceptors (Lipinski definition) is 16. The van der Waals surface area contributed by atoms with Crippen LogP contribution < -0.4 is 38.1 Å². The number of amides is 7. The number of nitrogens with one attached hydrogen (secondary N) is 5. The maximum absolute atomic E-state index is 13.8. The Kier molecular flexibility index (Phi) is 17.5. The highest BCUT2D eigenvalue weighted by molar-refractivity contribution is 7.81. The molecule has 2 heterocycles. The molecule has 306 valence electrons. The summed E-state index contributed by atoms with van der Waals surface area (Å²) in [5.74, 6) is -6.10. The molecule has 22 nitrogen and oxygen atoms in total. The Balaban J connectivity index is 1.70. The summed E-state index contributed by atoms with van der Waals surface area (Å²) < 4.78 is 11.3. The van der Waals surface area contributed by atoms with E-state index in [4.69, 9.17) is 20.9 Å². The number of nitrogens with zero attached hydrogens (tertiary/aromatic N) is 1. The summed E-state index contributed by atoms with van der Waals surface area (Å²) in [5, 5.41) is 61.5. The number of ether oxygens (including phenoxy) is 2. The lowest BCUT2D eigenvalue weighted by molar-refractivity contribution is -0.271. The molecule has 2 saturated heterocycles. The lowest BCUT2D eigenvalue weighted by Crippen LogP contribution is -2.65. The van der Waals surface area contributed by atoms with Crippen LogP contribution in [-0.2, 0) is 49.5 Å². The van der Waals surface area contributed by atoms with Crippen LogP contribution in [0.15, 0.2) is 24.3 Å². The molecule has 1 aromatic carbocycles. The van der Waals surface area contributed by atoms with Crippen LogP contribution in [0, 0.1) is 0 Å². The smallest absolute Gasteiger partial charge is 0.248 e. The van der Waals surface area contributed by atoms with Gasteiger partial charge >= 0.3 is 0 Å². The Hall–Kier alpha value is -4.62. The second-order valence-electron chi connectivity index (χ2n) is 12.7. The molecule has 23 heteroatoms. The van der Waals surface area contributed by atoms with Crippen LogP contribution in [0.25, 0.3) is 0 Å². The molecule has 0 aliphatic carbocycles. The van der Waals surface area contributed by atoms with E-state index in [0.29, 0.717) is 12.0 Å². The van der Waals surface area contributed by atoms with Gasteiger partial charge in [0.2, 0.25) is 41.4 Å². The number of primary amides is 1. The predicted octanol–water partition coefficient (Wildman–Crippen LogP) is -7.20. The first-order valence-corrected chi connectivity index (χ1v) is 17.8. The SMILES string of the molecule is NCC(=O)N[C@@H](CO[C@@H]1O[C@H](CO)[C@@H](O)[C@H](O)[C@H]1NC(=O)CS)C(=O)N1CCC[C@H]1C(=O)NCC(=O)N[C@@H](Cc1ccc(O)cc1)C(=O)N[C@@H](CO)C(N)=O. The number of likely N-dealkylation sites (tertiary alicyclic amines) is 1. The van der Waals surface area contributed by atoms with Crippen molar-refractivity contribution in [3.05, 3.63) is 29.8 Å². The van der Waals surface area contributed by atoms with Gasteiger partial charge in [-0.25, -0.2) is 0 Å². The minimum Gasteiger partial charge on any atom is -0.508 e. The minimum absolute atomic E-state index is 0.0517. The number of aliphatic hydroxyl groups excluding tert-OH is 4. The fourth-order valence-corrected chi connectivity index (χ4v) is 5.91. The summed E-state index contributed by atoms with van der Waals surface area (Å²) in [4.78, 5) is 90.3. The Morgan fingerprint density at radius 3 is 2.22 bits per heavy atom. The van der Waals surface area contributed by atoms with Gasteiger partial charge in [-0.1, -0.05) is 12.1 Å². The van der Waals surface area contributed by atoms with Gasteiger partial charge in [0.15, 0.2) is 6.29 Å². The zero-order valence-electron chi connectivity index (χ0n) is 29.5. The van der Waals surface area contributed by atoms with Crippen LogP contribution >= 0.6 is 12.6 Å². The van der Waals surface area contributed by atoms with Gasteiger partial charge in [0.25, 0.3) is 0 Å². The average Bonchev–Trinajstić information content (AvgIpc) is 3.67. The fraction of sp³-hybridized carbons (Fsp3) is 0.594. The van der Waals surface area contributed by atoms with E-state index in [0.717, 1.165) is 4.90 Å². The van der Waals surface area contributed by atoms with Crippen LogP contribution in [0.5, 0.6) is 5.75 Å². The fourth-order valence-electron chi connectivity index (χ4n) is 5.82. The van der Waals surface area contributed by atoms with Crippen molar-refractivity contribution in [2.45, 2.75) is 74.1 Å². The first-order chi connectivity index (χ1) is 26.1. The van der Waals surface area contributed by atoms with Crippen LogP contribution in [0.1, 0.15) is 18.4 Å². The Morgan fingerprint density at radius 1 is 0.945 bits per heavy atom. The zero-order valence-corrected chi connectivity index (χ0v) is 30.4. The van der Waals surface area contributed by atoms with E-state index in [9.17, 15) is 59.1 Å². The summed E-state index contributed by atoms with van der Waals surface area (Å²) >= 11 is 3.87. The van der Waals surface area contributed by atoms with Crippen molar-refractivity contribution >= 4 is 54.0 Å². The summed E-state index contributed by atoms with van der Waals surface area (Å²) in [7, 11) is 0. The molecule has 1 aromatic rings. The van der Waals surface area contributed by atoms with Crippen molar-refractivity contribution in [1.82, 2.24) is 31.5 Å². The van der Waals surface area contributed by atoms with Gasteiger partial charge in [0.05, 0.1) is 38.7 Å². The predicted molar refractivity (Wildman–Crippen MR) is 190 cm³/mol. The number of aromatic hydroxyl groups is 1. The maximum Gasteiger partial charge on any atom is 0.248 e. The van der Waals surface area contributed by atoms with Crippen LogP contribution in [0.2, 0.25) is 0 Å². The molecule has 0 bridgehead atoms. The van der Waals surface area contributed by atoms with E-state index in [-0.39, 0.29) is 30.9 Å². The van der Waals surface area contributed by atoms with Gasteiger partial charge < -0.3 is 78.0 Å². The Bertz CT molecular complexity index is 1520. The molecule has 2 aliphatic rings. The van der Waals surface area contributed by atoms with E-state index in [2.05, 4.69) is 39.2 Å². The molecule has 2 fully saturated rings. The first-order valence-electron chi connectivity index (χ1n) is 17.1. The molecular formula is C32H48N8O14S. The molecule has 0 radical (unpaired) electrons. The highest BCUT2D eigenvalue weighted by atomic mass is 32.1. The van der Waals surface area contributed by atoms with Crippen LogP contribution in [-0.4, -0.2) is 172 Å². The molecular weight excluding hydrogens is 752 g/mol. The van der Waals surface area contributed by atoms with Crippen LogP contribution in [0.4, 0.5) is 0 Å². The van der Waals surface area contributed by atoms with Crippen molar-refractivity contribution in [2.75, 3.05) is 45.2 Å². The van der Waals surface area contributed by atoms with Gasteiger partial charge in [-0.2, -0.15) is 12.6 Å². The molecule has 0 spiro atoms. The van der Waals surface area contributed by atoms with E-state index < -0.39 is 129 Å². The van der Waals surface area contributed by atoms with E-state index in [1.54, 1.807) is 0 Å². The number of carbonyl (C=O) groups is 7. The number of carbonyl (C=O) groups excluding carboxylic acids is 7. The molecule has 0 unspecified atom stereocenters. The van der Waals surface area contributed by atoms with E-state index >= 15 is 0 Å². The molecule has 14 N–H and O–H groups in total. The number of hydrogen-bond donors (Lipinski definition) is 13. The molecule has 3 rings (SSSR count). The summed E-state index contributed by atoms with van der Waals surface area (Å²) in [6, 6.07) is -1.09. The standard InChI is InChI=1S/C32H48N8O14S/c33-9-22(44)37-19(13-53-32-25(39-24(46)14-55)27(48)26(47)21(12-42)54-32)31(52)40-7-1-2-20(40)30(51)35-10-23(45)36-17(8-15-3-5-16(43)6-4-15)29(50)38-18(11-41)28(34)49/h3-6,17-21,25-27,32,41-43,47-48,55H,1-2,7-14,33H2,(H2,34,49)(H,35,51)(H,36,45)(H,37,44)(H,38,50)(H,39,46)/t17-,18-,19-,20-,21+,25+,26+,27+,32+/m0/s1. The quantitative estimate of drug-likeness (QED) is 0.0578. The van der Waals surface area contributed by atoms with E-state index in [1.807, 2.05) is 0 Å². The third-order valence-electron chi connectivity index (χ3n) is 8.73. The molecule has 0 saturated carbocycles. The third kappa shape index (κ3) is 12.7. The topological polar surface area (TPSA) is 355 Å². The number of rotatable bonds is 19. The first kappa shape index (κ1) is 44.8. The second kappa shape index (κ2) is 21.5. The van der Waals surface area contributed by atoms with Gasteiger partial charge in [0.1, 0.15) is 54.3 Å². The van der Waals surface area contributed by atoms with Gasteiger partial charge in [-0.15, -0.1) is 0 Å². The van der Waals surface area contributed by atoms with Crippen molar-refractivity contribution in [3.63, 3.8) is 0 Å². The Labute approximate surface area is 320 Å². The average molecular weight is 801 g/mol. The number of phenolic OH excluding ortho intramolecular Hbond substituents is 1. The largest absolute Gasteiger partial charge is 0.508 e. The van der Waals surface area contributed by atoms with Crippen molar-refractivity contribution in [1.29, 1.82) is 0 Å². The molecule has 7 amide bonds. The van der Waals surface area contributed by atoms with Gasteiger partial charge in [-0.05, 0) is 30.5 Å².